The van der Waals surface area contributed by atoms with Crippen molar-refractivity contribution in [3.05, 3.63) is 126 Å². The van der Waals surface area contributed by atoms with Crippen molar-refractivity contribution in [2.45, 2.75) is 19.3 Å². The molecule has 7 aromatic rings. The van der Waals surface area contributed by atoms with Crippen molar-refractivity contribution in [1.29, 1.82) is 5.26 Å². The maximum Gasteiger partial charge on any atom is 0.162 e. The van der Waals surface area contributed by atoms with Crippen LogP contribution in [0.25, 0.3) is 61.0 Å². The third-order valence-electron chi connectivity index (χ3n) is 8.39. The third kappa shape index (κ3) is 3.06. The van der Waals surface area contributed by atoms with Crippen molar-refractivity contribution in [3.63, 3.8) is 0 Å². The molecule has 1 aliphatic carbocycles. The van der Waals surface area contributed by atoms with E-state index in [1.807, 2.05) is 24.3 Å². The van der Waals surface area contributed by atoms with Crippen molar-refractivity contribution in [2.24, 2.45) is 0 Å². The fourth-order valence-corrected chi connectivity index (χ4v) is 6.46. The molecule has 0 spiro atoms. The van der Waals surface area contributed by atoms with E-state index in [2.05, 4.69) is 109 Å². The quantitative estimate of drug-likeness (QED) is 0.233. The summed E-state index contributed by atoms with van der Waals surface area (Å²) in [7, 11) is 0. The van der Waals surface area contributed by atoms with Gasteiger partial charge in [-0.2, -0.15) is 5.26 Å². The second-order valence-electron chi connectivity index (χ2n) is 11.0. The zero-order valence-electron chi connectivity index (χ0n) is 22.2. The molecule has 4 heteroatoms. The average molecular weight is 513 g/mol. The first kappa shape index (κ1) is 22.7. The smallest absolute Gasteiger partial charge is 0.162 e. The maximum absolute atomic E-state index is 9.35. The van der Waals surface area contributed by atoms with Crippen molar-refractivity contribution in [1.82, 2.24) is 14.5 Å². The molecule has 0 atom stereocenters. The van der Waals surface area contributed by atoms with Gasteiger partial charge in [-0.15, -0.1) is 0 Å². The van der Waals surface area contributed by atoms with Gasteiger partial charge in [0, 0.05) is 32.9 Å². The lowest BCUT2D eigenvalue weighted by Crippen LogP contribution is -2.19. The van der Waals surface area contributed by atoms with Crippen molar-refractivity contribution >= 4 is 32.6 Å². The van der Waals surface area contributed by atoms with Gasteiger partial charge in [0.05, 0.1) is 28.4 Å². The van der Waals surface area contributed by atoms with Crippen LogP contribution in [0.15, 0.2) is 109 Å². The highest BCUT2D eigenvalue weighted by atomic mass is 15.1. The molecule has 188 valence electrons. The van der Waals surface area contributed by atoms with Gasteiger partial charge in [-0.1, -0.05) is 80.6 Å². The molecule has 0 aliphatic heterocycles. The van der Waals surface area contributed by atoms with Crippen molar-refractivity contribution in [2.75, 3.05) is 0 Å². The van der Waals surface area contributed by atoms with Crippen LogP contribution in [0.2, 0.25) is 0 Å². The van der Waals surface area contributed by atoms with Crippen LogP contribution in [-0.4, -0.2) is 14.5 Å². The molecule has 4 nitrogen and oxygen atoms in total. The summed E-state index contributed by atoms with van der Waals surface area (Å²) in [6, 6.07) is 40.0. The van der Waals surface area contributed by atoms with E-state index in [1.165, 1.54) is 27.1 Å². The standard InChI is InChI=1S/C36H24N4/c1-36(2)29-13-7-5-12-27(29)33-32(36)35(39-34(38-33)23-17-15-22(21-37)16-18-23)40-30-14-8-6-11-26(30)28-19-24-9-3-4-10-25(24)20-31(28)40/h3-20H,1-2H3. The van der Waals surface area contributed by atoms with Gasteiger partial charge in [0.2, 0.25) is 0 Å². The maximum atomic E-state index is 9.35. The number of nitriles is 1. The lowest BCUT2D eigenvalue weighted by Gasteiger charge is -2.24. The number of para-hydroxylation sites is 1. The Labute approximate surface area is 231 Å². The van der Waals surface area contributed by atoms with Gasteiger partial charge in [0.15, 0.2) is 5.82 Å². The van der Waals surface area contributed by atoms with E-state index in [-0.39, 0.29) is 5.41 Å². The number of hydrogen-bond acceptors (Lipinski definition) is 3. The molecule has 0 saturated heterocycles. The minimum Gasteiger partial charge on any atom is -0.293 e. The highest BCUT2D eigenvalue weighted by Crippen LogP contribution is 2.51. The van der Waals surface area contributed by atoms with Gasteiger partial charge in [-0.05, 0) is 58.8 Å². The molecule has 1 aliphatic rings. The Kier molecular flexibility index (Phi) is 4.60. The van der Waals surface area contributed by atoms with Crippen LogP contribution in [0.1, 0.15) is 30.5 Å². The molecule has 0 bridgehead atoms. The van der Waals surface area contributed by atoms with Gasteiger partial charge >= 0.3 is 0 Å². The molecular formula is C36H24N4. The van der Waals surface area contributed by atoms with E-state index >= 15 is 0 Å². The Bertz CT molecular complexity index is 2190. The van der Waals surface area contributed by atoms with Gasteiger partial charge in [-0.25, -0.2) is 9.97 Å². The summed E-state index contributed by atoms with van der Waals surface area (Å²) < 4.78 is 2.33. The summed E-state index contributed by atoms with van der Waals surface area (Å²) in [6.45, 7) is 4.55. The second-order valence-corrected chi connectivity index (χ2v) is 11.0. The van der Waals surface area contributed by atoms with Crippen LogP contribution in [0, 0.1) is 11.3 Å². The Morgan fingerprint density at radius 1 is 0.700 bits per heavy atom. The molecule has 2 aromatic heterocycles. The summed E-state index contributed by atoms with van der Waals surface area (Å²) in [6.07, 6.45) is 0. The number of hydrogen-bond donors (Lipinski definition) is 0. The normalized spacial score (nSPS) is 13.4. The first-order valence-corrected chi connectivity index (χ1v) is 13.5. The predicted molar refractivity (Wildman–Crippen MR) is 162 cm³/mol. The van der Waals surface area contributed by atoms with E-state index in [0.717, 1.165) is 39.2 Å². The minimum atomic E-state index is -0.293. The van der Waals surface area contributed by atoms with Gasteiger partial charge < -0.3 is 0 Å². The topological polar surface area (TPSA) is 54.5 Å². The SMILES string of the molecule is CC1(C)c2ccccc2-c2nc(-c3ccc(C#N)cc3)nc(-n3c4ccccc4c4cc5ccccc5cc43)c21. The summed E-state index contributed by atoms with van der Waals surface area (Å²) in [5.41, 5.74) is 7.94. The fraction of sp³-hybridized carbons (Fsp3) is 0.0833. The Hall–Kier alpha value is -5.27. The number of benzene rings is 5. The van der Waals surface area contributed by atoms with E-state index < -0.39 is 0 Å². The van der Waals surface area contributed by atoms with Crippen LogP contribution in [0.3, 0.4) is 0 Å². The Morgan fingerprint density at radius 3 is 2.20 bits per heavy atom. The largest absolute Gasteiger partial charge is 0.293 e. The minimum absolute atomic E-state index is 0.293. The number of nitrogens with zero attached hydrogens (tertiary/aromatic N) is 4. The highest BCUT2D eigenvalue weighted by Gasteiger charge is 2.40. The molecule has 5 aromatic carbocycles. The molecule has 0 saturated carbocycles. The summed E-state index contributed by atoms with van der Waals surface area (Å²) in [4.78, 5) is 10.5. The van der Waals surface area contributed by atoms with E-state index in [9.17, 15) is 5.26 Å². The molecule has 0 amide bonds. The van der Waals surface area contributed by atoms with Crippen LogP contribution >= 0.6 is 0 Å². The molecule has 40 heavy (non-hydrogen) atoms. The first-order chi connectivity index (χ1) is 19.5. The van der Waals surface area contributed by atoms with Gasteiger partial charge in [-0.3, -0.25) is 4.57 Å². The molecular weight excluding hydrogens is 488 g/mol. The molecule has 8 rings (SSSR count). The molecule has 0 unspecified atom stereocenters. The lowest BCUT2D eigenvalue weighted by atomic mass is 9.82. The Morgan fingerprint density at radius 2 is 1.40 bits per heavy atom. The molecule has 2 heterocycles. The number of fused-ring (bicyclic) bond motifs is 7. The number of aromatic nitrogens is 3. The summed E-state index contributed by atoms with van der Waals surface area (Å²) in [5, 5.41) is 14.2. The predicted octanol–water partition coefficient (Wildman–Crippen LogP) is 8.57. The zero-order valence-corrected chi connectivity index (χ0v) is 22.2. The van der Waals surface area contributed by atoms with Crippen LogP contribution < -0.4 is 0 Å². The van der Waals surface area contributed by atoms with E-state index in [0.29, 0.717) is 11.4 Å². The van der Waals surface area contributed by atoms with Gasteiger partial charge in [0.1, 0.15) is 5.82 Å². The first-order valence-electron chi connectivity index (χ1n) is 13.5. The lowest BCUT2D eigenvalue weighted by molar-refractivity contribution is 0.650. The second kappa shape index (κ2) is 8.11. The number of rotatable bonds is 2. The summed E-state index contributed by atoms with van der Waals surface area (Å²) >= 11 is 0. The molecule has 0 N–H and O–H groups in total. The van der Waals surface area contributed by atoms with Crippen molar-refractivity contribution < 1.29 is 0 Å². The van der Waals surface area contributed by atoms with Crippen LogP contribution in [0.5, 0.6) is 0 Å². The van der Waals surface area contributed by atoms with E-state index in [1.54, 1.807) is 0 Å². The van der Waals surface area contributed by atoms with Crippen molar-refractivity contribution in [3.8, 4) is 34.5 Å². The van der Waals surface area contributed by atoms with E-state index in [4.69, 9.17) is 9.97 Å². The van der Waals surface area contributed by atoms with Crippen LogP contribution in [-0.2, 0) is 5.41 Å². The van der Waals surface area contributed by atoms with Gasteiger partial charge in [0.25, 0.3) is 0 Å². The Balaban J connectivity index is 1.54. The average Bonchev–Trinajstić information content (AvgIpc) is 3.44. The molecule has 0 radical (unpaired) electrons. The summed E-state index contributed by atoms with van der Waals surface area (Å²) in [5.74, 6) is 1.55. The molecule has 0 fully saturated rings. The monoisotopic (exact) mass is 512 g/mol. The van der Waals surface area contributed by atoms with Crippen LogP contribution in [0.4, 0.5) is 0 Å². The zero-order chi connectivity index (χ0) is 27.0. The highest BCUT2D eigenvalue weighted by molar-refractivity contribution is 6.13. The fourth-order valence-electron chi connectivity index (χ4n) is 6.46. The third-order valence-corrected chi connectivity index (χ3v) is 8.39.